The number of rotatable bonds is 4. The molecule has 2 aromatic rings. The average Bonchev–Trinajstić information content (AvgIpc) is 2.85. The molecule has 1 atom stereocenters. The molecule has 2 fully saturated rings. The van der Waals surface area contributed by atoms with Crippen LogP contribution in [-0.4, -0.2) is 49.6 Å². The number of para-hydroxylation sites is 1. The lowest BCUT2D eigenvalue weighted by Crippen LogP contribution is -2.55. The van der Waals surface area contributed by atoms with Gasteiger partial charge in [0.1, 0.15) is 5.82 Å². The van der Waals surface area contributed by atoms with E-state index in [0.717, 1.165) is 69.8 Å². The molecule has 3 aliphatic rings. The topological polar surface area (TPSA) is 26.8 Å². The maximum atomic E-state index is 13.7. The Balaban J connectivity index is 1.28. The van der Waals surface area contributed by atoms with Gasteiger partial charge in [-0.05, 0) is 61.6 Å². The van der Waals surface area contributed by atoms with Crippen LogP contribution in [0.1, 0.15) is 44.1 Å². The van der Waals surface area contributed by atoms with Crippen LogP contribution >= 0.6 is 0 Å². The Morgan fingerprint density at radius 3 is 2.34 bits per heavy atom. The van der Waals surface area contributed by atoms with Crippen molar-refractivity contribution < 1.29 is 9.18 Å². The lowest BCUT2D eigenvalue weighted by atomic mass is 9.86. The Labute approximate surface area is 191 Å². The summed E-state index contributed by atoms with van der Waals surface area (Å²) in [6.07, 6.45) is 7.80. The molecule has 1 unspecified atom stereocenters. The zero-order valence-corrected chi connectivity index (χ0v) is 18.9. The van der Waals surface area contributed by atoms with E-state index < -0.39 is 0 Å². The maximum absolute atomic E-state index is 13.7. The molecule has 0 N–H and O–H groups in total. The standard InChI is InChI=1S/C27H34FN3O/c28-23-11-14-24(15-12-23)30-18-16-29(17-19-30)20-25-13-10-21-6-4-5-9-26(21)31(25)27(32)22-7-2-1-3-8-22/h4-6,9,11-12,14-15,22,25H,1-3,7-8,10,13,16-20H2. The number of halogens is 1. The summed E-state index contributed by atoms with van der Waals surface area (Å²) in [5, 5.41) is 0. The third-order valence-electron chi connectivity index (χ3n) is 7.59. The minimum atomic E-state index is -0.187. The highest BCUT2D eigenvalue weighted by atomic mass is 19.1. The quantitative estimate of drug-likeness (QED) is 0.685. The number of aryl methyl sites for hydroxylation is 1. The van der Waals surface area contributed by atoms with Crippen molar-refractivity contribution >= 4 is 17.3 Å². The van der Waals surface area contributed by atoms with Gasteiger partial charge in [-0.1, -0.05) is 37.5 Å². The van der Waals surface area contributed by atoms with Gasteiger partial charge in [0.2, 0.25) is 5.91 Å². The number of hydrogen-bond donors (Lipinski definition) is 0. The molecule has 32 heavy (non-hydrogen) atoms. The summed E-state index contributed by atoms with van der Waals surface area (Å²) in [7, 11) is 0. The Hall–Kier alpha value is -2.40. The molecule has 5 rings (SSSR count). The van der Waals surface area contributed by atoms with Crippen molar-refractivity contribution in [2.75, 3.05) is 42.5 Å². The fraction of sp³-hybridized carbons (Fsp3) is 0.519. The lowest BCUT2D eigenvalue weighted by molar-refractivity contribution is -0.124. The first-order valence-corrected chi connectivity index (χ1v) is 12.3. The molecule has 1 amide bonds. The highest BCUT2D eigenvalue weighted by molar-refractivity contribution is 5.97. The van der Waals surface area contributed by atoms with Crippen LogP contribution in [0.5, 0.6) is 0 Å². The highest BCUT2D eigenvalue weighted by Gasteiger charge is 2.36. The third-order valence-corrected chi connectivity index (χ3v) is 7.59. The van der Waals surface area contributed by atoms with Crippen molar-refractivity contribution in [1.29, 1.82) is 0 Å². The number of carbonyl (C=O) groups excluding carboxylic acids is 1. The van der Waals surface area contributed by atoms with Gasteiger partial charge in [-0.3, -0.25) is 9.69 Å². The van der Waals surface area contributed by atoms with Gasteiger partial charge in [0.25, 0.3) is 0 Å². The molecule has 2 heterocycles. The van der Waals surface area contributed by atoms with Crippen molar-refractivity contribution in [2.45, 2.75) is 51.0 Å². The molecule has 170 valence electrons. The molecular weight excluding hydrogens is 401 g/mol. The summed E-state index contributed by atoms with van der Waals surface area (Å²) in [6.45, 7) is 4.75. The third kappa shape index (κ3) is 4.54. The molecule has 1 aliphatic carbocycles. The number of hydrogen-bond acceptors (Lipinski definition) is 3. The molecule has 1 saturated heterocycles. The highest BCUT2D eigenvalue weighted by Crippen LogP contribution is 2.35. The molecule has 0 aromatic heterocycles. The molecule has 5 heteroatoms. The van der Waals surface area contributed by atoms with E-state index in [-0.39, 0.29) is 17.8 Å². The lowest BCUT2D eigenvalue weighted by Gasteiger charge is -2.43. The van der Waals surface area contributed by atoms with Gasteiger partial charge >= 0.3 is 0 Å². The number of benzene rings is 2. The van der Waals surface area contributed by atoms with Crippen molar-refractivity contribution in [3.05, 3.63) is 59.9 Å². The summed E-state index contributed by atoms with van der Waals surface area (Å²) in [5.41, 5.74) is 3.55. The second-order valence-corrected chi connectivity index (χ2v) is 9.63. The van der Waals surface area contributed by atoms with Crippen LogP contribution in [0.25, 0.3) is 0 Å². The number of amides is 1. The van der Waals surface area contributed by atoms with Crippen molar-refractivity contribution in [2.24, 2.45) is 5.92 Å². The fourth-order valence-electron chi connectivity index (χ4n) is 5.76. The van der Waals surface area contributed by atoms with Crippen LogP contribution in [0, 0.1) is 11.7 Å². The Morgan fingerprint density at radius 1 is 0.875 bits per heavy atom. The zero-order valence-electron chi connectivity index (χ0n) is 18.9. The van der Waals surface area contributed by atoms with Crippen LogP contribution in [0.4, 0.5) is 15.8 Å². The van der Waals surface area contributed by atoms with Crippen LogP contribution < -0.4 is 9.80 Å². The van der Waals surface area contributed by atoms with E-state index in [1.54, 1.807) is 0 Å². The van der Waals surface area contributed by atoms with Crippen molar-refractivity contribution in [1.82, 2.24) is 4.90 Å². The van der Waals surface area contributed by atoms with Gasteiger partial charge in [-0.2, -0.15) is 0 Å². The van der Waals surface area contributed by atoms with Gasteiger partial charge in [-0.15, -0.1) is 0 Å². The Morgan fingerprint density at radius 2 is 1.59 bits per heavy atom. The van der Waals surface area contributed by atoms with Crippen LogP contribution in [0.2, 0.25) is 0 Å². The molecule has 0 radical (unpaired) electrons. The van der Waals surface area contributed by atoms with E-state index in [4.69, 9.17) is 0 Å². The number of fused-ring (bicyclic) bond motifs is 1. The number of carbonyl (C=O) groups is 1. The van der Waals surface area contributed by atoms with E-state index in [9.17, 15) is 9.18 Å². The first-order valence-electron chi connectivity index (χ1n) is 12.3. The first-order chi connectivity index (χ1) is 15.7. The number of piperazine rings is 1. The van der Waals surface area contributed by atoms with Crippen LogP contribution in [0.3, 0.4) is 0 Å². The molecular formula is C27H34FN3O. The molecule has 4 nitrogen and oxygen atoms in total. The summed E-state index contributed by atoms with van der Waals surface area (Å²) in [6, 6.07) is 15.6. The van der Waals surface area contributed by atoms with Crippen molar-refractivity contribution in [3.8, 4) is 0 Å². The summed E-state index contributed by atoms with van der Waals surface area (Å²) in [4.78, 5) is 20.7. The van der Waals surface area contributed by atoms with E-state index in [1.807, 2.05) is 12.1 Å². The van der Waals surface area contributed by atoms with Gasteiger partial charge in [0, 0.05) is 56.1 Å². The van der Waals surface area contributed by atoms with E-state index in [0.29, 0.717) is 5.91 Å². The Bertz CT molecular complexity index is 917. The molecule has 2 aromatic carbocycles. The Kier molecular flexibility index (Phi) is 6.44. The smallest absolute Gasteiger partial charge is 0.230 e. The molecule has 1 saturated carbocycles. The van der Waals surface area contributed by atoms with Gasteiger partial charge in [0.05, 0.1) is 0 Å². The van der Waals surface area contributed by atoms with Gasteiger partial charge < -0.3 is 9.80 Å². The average molecular weight is 436 g/mol. The second-order valence-electron chi connectivity index (χ2n) is 9.63. The predicted octanol–water partition coefficient (Wildman–Crippen LogP) is 4.88. The molecule has 0 spiro atoms. The minimum Gasteiger partial charge on any atom is -0.369 e. The molecule has 2 aliphatic heterocycles. The van der Waals surface area contributed by atoms with Gasteiger partial charge in [0.15, 0.2) is 0 Å². The normalized spacial score (nSPS) is 22.6. The summed E-state index contributed by atoms with van der Waals surface area (Å²) in [5.74, 6) is 0.354. The summed E-state index contributed by atoms with van der Waals surface area (Å²) >= 11 is 0. The van der Waals surface area contributed by atoms with Gasteiger partial charge in [-0.25, -0.2) is 4.39 Å². The van der Waals surface area contributed by atoms with Crippen molar-refractivity contribution in [3.63, 3.8) is 0 Å². The van der Waals surface area contributed by atoms with E-state index in [1.165, 1.54) is 37.0 Å². The second kappa shape index (κ2) is 9.62. The van der Waals surface area contributed by atoms with E-state index >= 15 is 0 Å². The largest absolute Gasteiger partial charge is 0.369 e. The number of anilines is 2. The maximum Gasteiger partial charge on any atom is 0.230 e. The SMILES string of the molecule is O=C(C1CCCCC1)N1c2ccccc2CCC1CN1CCN(c2ccc(F)cc2)CC1. The fourth-order valence-corrected chi connectivity index (χ4v) is 5.76. The summed E-state index contributed by atoms with van der Waals surface area (Å²) < 4.78 is 13.3. The minimum absolute atomic E-state index is 0.187. The zero-order chi connectivity index (χ0) is 21.9. The molecule has 0 bridgehead atoms. The monoisotopic (exact) mass is 435 g/mol. The van der Waals surface area contributed by atoms with E-state index in [2.05, 4.69) is 39.0 Å². The van der Waals surface area contributed by atoms with Crippen LogP contribution in [-0.2, 0) is 11.2 Å². The number of nitrogens with zero attached hydrogens (tertiary/aromatic N) is 3. The predicted molar refractivity (Wildman–Crippen MR) is 128 cm³/mol. The first kappa shape index (κ1) is 21.4. The van der Waals surface area contributed by atoms with Crippen LogP contribution in [0.15, 0.2) is 48.5 Å².